The first-order chi connectivity index (χ1) is 14.5. The van der Waals surface area contributed by atoms with Gasteiger partial charge in [0, 0.05) is 30.4 Å². The highest BCUT2D eigenvalue weighted by Gasteiger charge is 2.28. The molecule has 1 atom stereocenters. The number of aryl methyl sites for hydroxylation is 3. The Morgan fingerprint density at radius 3 is 2.90 bits per heavy atom. The molecule has 0 radical (unpaired) electrons. The number of rotatable bonds is 3. The first-order valence-electron chi connectivity index (χ1n) is 10.1. The molecule has 5 rings (SSSR count). The Balaban J connectivity index is 1.51. The lowest BCUT2D eigenvalue weighted by Gasteiger charge is -2.14. The lowest BCUT2D eigenvalue weighted by Crippen LogP contribution is -2.20. The Morgan fingerprint density at radius 1 is 1.20 bits per heavy atom. The van der Waals surface area contributed by atoms with E-state index in [4.69, 9.17) is 4.98 Å². The highest BCUT2D eigenvalue weighted by Crippen LogP contribution is 2.34. The van der Waals surface area contributed by atoms with E-state index >= 15 is 0 Å². The van der Waals surface area contributed by atoms with Crippen molar-refractivity contribution in [3.8, 4) is 11.3 Å². The van der Waals surface area contributed by atoms with Gasteiger partial charge < -0.3 is 14.9 Å². The van der Waals surface area contributed by atoms with Crippen LogP contribution in [0.3, 0.4) is 0 Å². The van der Waals surface area contributed by atoms with Crippen LogP contribution in [-0.2, 0) is 18.3 Å². The van der Waals surface area contributed by atoms with Gasteiger partial charge in [-0.1, -0.05) is 30.3 Å². The number of hydrogen-bond acceptors (Lipinski definition) is 3. The molecule has 0 aliphatic heterocycles. The van der Waals surface area contributed by atoms with Gasteiger partial charge in [-0.05, 0) is 48.6 Å². The van der Waals surface area contributed by atoms with Crippen LogP contribution >= 0.6 is 0 Å². The summed E-state index contributed by atoms with van der Waals surface area (Å²) in [6.45, 7) is 1.98. The number of anilines is 1. The molecule has 6 nitrogen and oxygen atoms in total. The van der Waals surface area contributed by atoms with Gasteiger partial charge in [0.15, 0.2) is 0 Å². The van der Waals surface area contributed by atoms with Gasteiger partial charge in [0.05, 0.1) is 11.6 Å². The summed E-state index contributed by atoms with van der Waals surface area (Å²) in [6.07, 6.45) is 5.29. The molecular formula is C24H22N4O2. The third-order valence-corrected chi connectivity index (χ3v) is 5.95. The minimum Gasteiger partial charge on any atom is -0.357 e. The van der Waals surface area contributed by atoms with Crippen LogP contribution in [0.5, 0.6) is 0 Å². The molecule has 3 aromatic heterocycles. The summed E-state index contributed by atoms with van der Waals surface area (Å²) >= 11 is 0. The number of nitrogens with one attached hydrogen (secondary N) is 2. The Morgan fingerprint density at radius 2 is 2.03 bits per heavy atom. The summed E-state index contributed by atoms with van der Waals surface area (Å²) in [6, 6.07) is 13.8. The average molecular weight is 398 g/mol. The Labute approximate surface area is 173 Å². The van der Waals surface area contributed by atoms with Crippen LogP contribution < -0.4 is 10.9 Å². The number of carbonyl (C=O) groups excluding carboxylic acids is 1. The largest absolute Gasteiger partial charge is 0.357 e. The number of pyridine rings is 2. The zero-order valence-electron chi connectivity index (χ0n) is 16.9. The van der Waals surface area contributed by atoms with Crippen molar-refractivity contribution in [1.82, 2.24) is 14.5 Å². The van der Waals surface area contributed by atoms with E-state index in [0.717, 1.165) is 40.6 Å². The molecule has 6 heteroatoms. The Hall–Kier alpha value is -3.67. The van der Waals surface area contributed by atoms with Crippen molar-refractivity contribution in [2.24, 2.45) is 7.05 Å². The van der Waals surface area contributed by atoms with Gasteiger partial charge in [-0.2, -0.15) is 0 Å². The van der Waals surface area contributed by atoms with E-state index in [1.807, 2.05) is 43.3 Å². The third-order valence-electron chi connectivity index (χ3n) is 5.95. The number of fused-ring (bicyclic) bond motifs is 2. The van der Waals surface area contributed by atoms with Gasteiger partial charge in [-0.25, -0.2) is 4.98 Å². The molecule has 1 aliphatic carbocycles. The number of H-pyrrole nitrogens is 1. The summed E-state index contributed by atoms with van der Waals surface area (Å²) in [5.74, 6) is 0.332. The normalized spacial score (nSPS) is 15.3. The Kier molecular flexibility index (Phi) is 4.28. The first kappa shape index (κ1) is 18.4. The second-order valence-corrected chi connectivity index (χ2v) is 7.87. The maximum atomic E-state index is 13.0. The van der Waals surface area contributed by atoms with Gasteiger partial charge >= 0.3 is 0 Å². The molecule has 4 aromatic rings. The van der Waals surface area contributed by atoms with Crippen molar-refractivity contribution in [2.75, 3.05) is 5.32 Å². The van der Waals surface area contributed by atoms with Crippen LogP contribution in [0.1, 0.15) is 29.0 Å². The maximum absolute atomic E-state index is 13.0. The molecule has 1 aliphatic rings. The number of aromatic amines is 1. The van der Waals surface area contributed by atoms with Crippen molar-refractivity contribution < 1.29 is 4.79 Å². The fraction of sp³-hybridized carbons (Fsp3) is 0.208. The fourth-order valence-corrected chi connectivity index (χ4v) is 4.37. The summed E-state index contributed by atoms with van der Waals surface area (Å²) in [4.78, 5) is 33.1. The number of amides is 1. The zero-order chi connectivity index (χ0) is 20.8. The number of nitrogens with zero attached hydrogens (tertiary/aromatic N) is 2. The Bertz CT molecular complexity index is 1350. The predicted molar refractivity (Wildman–Crippen MR) is 118 cm³/mol. The lowest BCUT2D eigenvalue weighted by atomic mass is 10.0. The van der Waals surface area contributed by atoms with E-state index in [1.54, 1.807) is 24.0 Å². The molecule has 0 bridgehead atoms. The maximum Gasteiger partial charge on any atom is 0.274 e. The van der Waals surface area contributed by atoms with E-state index < -0.39 is 0 Å². The summed E-state index contributed by atoms with van der Waals surface area (Å²) in [5.41, 5.74) is 5.40. The van der Waals surface area contributed by atoms with Gasteiger partial charge in [0.2, 0.25) is 5.91 Å². The van der Waals surface area contributed by atoms with Crippen LogP contribution in [0.25, 0.3) is 22.2 Å². The van der Waals surface area contributed by atoms with Crippen molar-refractivity contribution in [3.63, 3.8) is 0 Å². The van der Waals surface area contributed by atoms with Crippen LogP contribution in [0.2, 0.25) is 0 Å². The summed E-state index contributed by atoms with van der Waals surface area (Å²) in [5, 5.41) is 3.82. The molecule has 0 saturated carbocycles. The number of aromatic nitrogens is 3. The number of carbonyl (C=O) groups is 1. The van der Waals surface area contributed by atoms with Crippen molar-refractivity contribution in [3.05, 3.63) is 81.9 Å². The molecule has 0 spiro atoms. The molecule has 0 saturated heterocycles. The molecule has 2 N–H and O–H groups in total. The molecule has 1 amide bonds. The highest BCUT2D eigenvalue weighted by atomic mass is 16.2. The summed E-state index contributed by atoms with van der Waals surface area (Å²) in [7, 11) is 1.73. The zero-order valence-corrected chi connectivity index (χ0v) is 16.9. The smallest absolute Gasteiger partial charge is 0.274 e. The summed E-state index contributed by atoms with van der Waals surface area (Å²) < 4.78 is 1.55. The highest BCUT2D eigenvalue weighted by molar-refractivity contribution is 5.97. The molecule has 30 heavy (non-hydrogen) atoms. The number of benzene rings is 1. The van der Waals surface area contributed by atoms with E-state index in [1.165, 1.54) is 5.56 Å². The van der Waals surface area contributed by atoms with E-state index in [-0.39, 0.29) is 17.4 Å². The topological polar surface area (TPSA) is 79.8 Å². The standard InChI is InChI=1S/C24H22N4O2/c1-14-7-10-20(27-23(29)18-9-8-15-5-3-4-6-16(15)18)26-21(14)19-13-28(2)24(30)22-17(19)11-12-25-22/h3-7,10-13,18,25H,8-9H2,1-2H3,(H,26,27,29). The van der Waals surface area contributed by atoms with E-state index in [2.05, 4.69) is 16.4 Å². The van der Waals surface area contributed by atoms with Crippen LogP contribution in [0.15, 0.2) is 59.7 Å². The molecule has 150 valence electrons. The first-order valence-corrected chi connectivity index (χ1v) is 10.1. The minimum absolute atomic E-state index is 0.0329. The predicted octanol–water partition coefficient (Wildman–Crippen LogP) is 3.91. The van der Waals surface area contributed by atoms with Gasteiger partial charge in [-0.15, -0.1) is 0 Å². The van der Waals surface area contributed by atoms with Crippen molar-refractivity contribution in [2.45, 2.75) is 25.7 Å². The molecule has 0 fully saturated rings. The average Bonchev–Trinajstić information content (AvgIpc) is 3.40. The monoisotopic (exact) mass is 398 g/mol. The molecule has 3 heterocycles. The van der Waals surface area contributed by atoms with Gasteiger partial charge in [0.1, 0.15) is 11.3 Å². The van der Waals surface area contributed by atoms with E-state index in [9.17, 15) is 9.59 Å². The molecular weight excluding hydrogens is 376 g/mol. The van der Waals surface area contributed by atoms with Crippen LogP contribution in [0, 0.1) is 6.92 Å². The van der Waals surface area contributed by atoms with Gasteiger partial charge in [0.25, 0.3) is 5.56 Å². The molecule has 1 aromatic carbocycles. The number of hydrogen-bond donors (Lipinski definition) is 2. The quantitative estimate of drug-likeness (QED) is 0.549. The van der Waals surface area contributed by atoms with Crippen LogP contribution in [-0.4, -0.2) is 20.4 Å². The third kappa shape index (κ3) is 2.92. The second kappa shape index (κ2) is 6.99. The fourth-order valence-electron chi connectivity index (χ4n) is 4.37. The van der Waals surface area contributed by atoms with Crippen molar-refractivity contribution >= 4 is 22.6 Å². The molecule has 1 unspecified atom stereocenters. The van der Waals surface area contributed by atoms with Crippen LogP contribution in [0.4, 0.5) is 5.82 Å². The van der Waals surface area contributed by atoms with Gasteiger partial charge in [-0.3, -0.25) is 9.59 Å². The minimum atomic E-state index is -0.151. The lowest BCUT2D eigenvalue weighted by molar-refractivity contribution is -0.117. The SMILES string of the molecule is Cc1ccc(NC(=O)C2CCc3ccccc32)nc1-c1cn(C)c(=O)c2[nH]ccc12. The van der Waals surface area contributed by atoms with E-state index in [0.29, 0.717) is 11.3 Å². The van der Waals surface area contributed by atoms with Crippen molar-refractivity contribution in [1.29, 1.82) is 0 Å². The second-order valence-electron chi connectivity index (χ2n) is 7.87.